The highest BCUT2D eigenvalue weighted by atomic mass is 79.9. The molecule has 0 radical (unpaired) electrons. The highest BCUT2D eigenvalue weighted by Gasteiger charge is 2.29. The summed E-state index contributed by atoms with van der Waals surface area (Å²) in [5.74, 6) is -0.748. The van der Waals surface area contributed by atoms with Crippen molar-refractivity contribution in [1.82, 2.24) is 4.90 Å². The number of benzene rings is 1. The van der Waals surface area contributed by atoms with Gasteiger partial charge >= 0.3 is 5.97 Å². The van der Waals surface area contributed by atoms with Crippen LogP contribution in [-0.2, 0) is 11.3 Å². The Kier molecular flexibility index (Phi) is 4.65. The zero-order valence-corrected chi connectivity index (χ0v) is 12.2. The number of carbonyl (C=O) groups is 1. The molecule has 0 amide bonds. The van der Waals surface area contributed by atoms with Gasteiger partial charge in [0.15, 0.2) is 0 Å². The molecule has 0 spiro atoms. The summed E-state index contributed by atoms with van der Waals surface area (Å²) in [6.45, 7) is 1.32. The Bertz CT molecular complexity index is 449. The average molecular weight is 333 g/mol. The van der Waals surface area contributed by atoms with Gasteiger partial charge in [-0.3, -0.25) is 9.69 Å². The fourth-order valence-corrected chi connectivity index (χ4v) is 2.67. The van der Waals surface area contributed by atoms with Gasteiger partial charge < -0.3 is 5.11 Å². The third kappa shape index (κ3) is 3.97. The molecule has 1 fully saturated rings. The number of carboxylic acid groups (broad SMARTS) is 1. The third-order valence-corrected chi connectivity index (χ3v) is 3.91. The fraction of sp³-hybridized carbons (Fsp3) is 0.462. The van der Waals surface area contributed by atoms with Crippen LogP contribution in [-0.4, -0.2) is 28.6 Å². The smallest absolute Gasteiger partial charge is 0.304 e. The van der Waals surface area contributed by atoms with Crippen molar-refractivity contribution in [2.24, 2.45) is 0 Å². The molecule has 0 heterocycles. The molecule has 1 saturated carbocycles. The van der Waals surface area contributed by atoms with Crippen LogP contribution in [0.15, 0.2) is 22.7 Å². The molecule has 2 rings (SSSR count). The van der Waals surface area contributed by atoms with Gasteiger partial charge in [0.2, 0.25) is 0 Å². The topological polar surface area (TPSA) is 40.5 Å². The lowest BCUT2D eigenvalue weighted by molar-refractivity contribution is -0.137. The largest absolute Gasteiger partial charge is 0.481 e. The molecule has 18 heavy (non-hydrogen) atoms. The van der Waals surface area contributed by atoms with Crippen molar-refractivity contribution in [2.45, 2.75) is 31.8 Å². The van der Waals surface area contributed by atoms with E-state index in [0.29, 0.717) is 12.6 Å². The minimum atomic E-state index is -0.748. The molecule has 1 aliphatic carbocycles. The van der Waals surface area contributed by atoms with Crippen LogP contribution in [0, 0.1) is 0 Å². The van der Waals surface area contributed by atoms with Gasteiger partial charge in [0.1, 0.15) is 0 Å². The van der Waals surface area contributed by atoms with E-state index in [0.717, 1.165) is 34.4 Å². The lowest BCUT2D eigenvalue weighted by Crippen LogP contribution is -2.28. The van der Waals surface area contributed by atoms with Crippen molar-refractivity contribution in [1.29, 1.82) is 0 Å². The van der Waals surface area contributed by atoms with E-state index in [2.05, 4.69) is 20.8 Å². The molecule has 0 unspecified atom stereocenters. The minimum absolute atomic E-state index is 0.185. The number of hydrogen-bond donors (Lipinski definition) is 1. The molecule has 1 N–H and O–H groups in total. The van der Waals surface area contributed by atoms with Gasteiger partial charge in [0.25, 0.3) is 0 Å². The molecule has 98 valence electrons. The second kappa shape index (κ2) is 6.04. The SMILES string of the molecule is O=C(O)CCN(Cc1ccc(Br)cc1Cl)C1CC1. The Labute approximate surface area is 120 Å². The van der Waals surface area contributed by atoms with Crippen molar-refractivity contribution in [3.05, 3.63) is 33.3 Å². The summed E-state index contributed by atoms with van der Waals surface area (Å²) < 4.78 is 0.958. The molecule has 1 aliphatic rings. The molecule has 5 heteroatoms. The minimum Gasteiger partial charge on any atom is -0.481 e. The van der Waals surface area contributed by atoms with Crippen LogP contribution in [0.3, 0.4) is 0 Å². The Morgan fingerprint density at radius 3 is 2.78 bits per heavy atom. The van der Waals surface area contributed by atoms with E-state index in [-0.39, 0.29) is 6.42 Å². The van der Waals surface area contributed by atoms with Gasteiger partial charge in [-0.25, -0.2) is 0 Å². The van der Waals surface area contributed by atoms with Crippen molar-refractivity contribution < 1.29 is 9.90 Å². The van der Waals surface area contributed by atoms with Gasteiger partial charge in [-0.05, 0) is 30.5 Å². The van der Waals surface area contributed by atoms with E-state index in [9.17, 15) is 4.79 Å². The first-order valence-corrected chi connectivity index (χ1v) is 7.13. The number of rotatable bonds is 6. The van der Waals surface area contributed by atoms with Crippen LogP contribution < -0.4 is 0 Å². The zero-order chi connectivity index (χ0) is 13.1. The van der Waals surface area contributed by atoms with E-state index in [1.807, 2.05) is 18.2 Å². The Morgan fingerprint density at radius 2 is 2.22 bits per heavy atom. The van der Waals surface area contributed by atoms with Crippen molar-refractivity contribution in [3.63, 3.8) is 0 Å². The van der Waals surface area contributed by atoms with E-state index < -0.39 is 5.97 Å². The molecule has 0 aliphatic heterocycles. The summed E-state index contributed by atoms with van der Waals surface area (Å²) in [5, 5.41) is 9.49. The highest BCUT2D eigenvalue weighted by Crippen LogP contribution is 2.30. The molecule has 1 aromatic rings. The summed E-state index contributed by atoms with van der Waals surface area (Å²) in [4.78, 5) is 12.9. The third-order valence-electron chi connectivity index (χ3n) is 3.06. The summed E-state index contributed by atoms with van der Waals surface area (Å²) in [7, 11) is 0. The predicted molar refractivity (Wildman–Crippen MR) is 74.8 cm³/mol. The summed E-state index contributed by atoms with van der Waals surface area (Å²) in [6, 6.07) is 6.36. The second-order valence-corrected chi connectivity index (χ2v) is 5.90. The van der Waals surface area contributed by atoms with Crippen LogP contribution in [0.2, 0.25) is 5.02 Å². The lowest BCUT2D eigenvalue weighted by Gasteiger charge is -2.21. The lowest BCUT2D eigenvalue weighted by atomic mass is 10.2. The molecule has 0 bridgehead atoms. The number of nitrogens with zero attached hydrogens (tertiary/aromatic N) is 1. The van der Waals surface area contributed by atoms with Gasteiger partial charge in [0, 0.05) is 28.6 Å². The maximum atomic E-state index is 10.7. The first-order chi connectivity index (χ1) is 8.56. The normalized spacial score (nSPS) is 15.1. The average Bonchev–Trinajstić information content (AvgIpc) is 3.10. The molecule has 0 atom stereocenters. The molecule has 0 saturated heterocycles. The van der Waals surface area contributed by atoms with E-state index in [4.69, 9.17) is 16.7 Å². The zero-order valence-electron chi connectivity index (χ0n) is 9.90. The monoisotopic (exact) mass is 331 g/mol. The van der Waals surface area contributed by atoms with Crippen molar-refractivity contribution in [3.8, 4) is 0 Å². The maximum absolute atomic E-state index is 10.7. The standard InChI is InChI=1S/C13H15BrClNO2/c14-10-2-1-9(12(15)7-10)8-16(11-3-4-11)6-5-13(17)18/h1-2,7,11H,3-6,8H2,(H,17,18). The number of hydrogen-bond acceptors (Lipinski definition) is 2. The highest BCUT2D eigenvalue weighted by molar-refractivity contribution is 9.10. The first kappa shape index (κ1) is 13.8. The van der Waals surface area contributed by atoms with Gasteiger partial charge in [-0.15, -0.1) is 0 Å². The number of carboxylic acids is 1. The van der Waals surface area contributed by atoms with Crippen LogP contribution in [0.5, 0.6) is 0 Å². The van der Waals surface area contributed by atoms with Gasteiger partial charge in [0.05, 0.1) is 6.42 Å². The molecular weight excluding hydrogens is 318 g/mol. The van der Waals surface area contributed by atoms with Crippen LogP contribution >= 0.6 is 27.5 Å². The van der Waals surface area contributed by atoms with E-state index in [1.54, 1.807) is 0 Å². The molecular formula is C13H15BrClNO2. The number of aliphatic carboxylic acids is 1. The number of halogens is 2. The Balaban J connectivity index is 2.01. The summed E-state index contributed by atoms with van der Waals surface area (Å²) in [5.41, 5.74) is 1.05. The Morgan fingerprint density at radius 1 is 1.50 bits per heavy atom. The van der Waals surface area contributed by atoms with Crippen molar-refractivity contribution >= 4 is 33.5 Å². The van der Waals surface area contributed by atoms with E-state index >= 15 is 0 Å². The summed E-state index contributed by atoms with van der Waals surface area (Å²) >= 11 is 9.57. The quantitative estimate of drug-likeness (QED) is 0.866. The predicted octanol–water partition coefficient (Wildman–Crippen LogP) is 3.54. The van der Waals surface area contributed by atoms with Crippen LogP contribution in [0.4, 0.5) is 0 Å². The molecule has 1 aromatic carbocycles. The summed E-state index contributed by atoms with van der Waals surface area (Å²) in [6.07, 6.45) is 2.51. The van der Waals surface area contributed by atoms with Crippen molar-refractivity contribution in [2.75, 3.05) is 6.54 Å². The van der Waals surface area contributed by atoms with Crippen LogP contribution in [0.25, 0.3) is 0 Å². The van der Waals surface area contributed by atoms with Gasteiger partial charge in [-0.1, -0.05) is 33.6 Å². The first-order valence-electron chi connectivity index (χ1n) is 5.96. The fourth-order valence-electron chi connectivity index (χ4n) is 1.94. The van der Waals surface area contributed by atoms with E-state index in [1.165, 1.54) is 0 Å². The second-order valence-electron chi connectivity index (χ2n) is 4.58. The maximum Gasteiger partial charge on any atom is 0.304 e. The Hall–Kier alpha value is -0.580. The van der Waals surface area contributed by atoms with Crippen LogP contribution in [0.1, 0.15) is 24.8 Å². The van der Waals surface area contributed by atoms with Gasteiger partial charge in [-0.2, -0.15) is 0 Å². The molecule has 3 nitrogen and oxygen atoms in total. The molecule has 0 aromatic heterocycles.